The van der Waals surface area contributed by atoms with Gasteiger partial charge < -0.3 is 9.47 Å². The molecule has 35 heavy (non-hydrogen) atoms. The van der Waals surface area contributed by atoms with Gasteiger partial charge in [-0.05, 0) is 53.3 Å². The van der Waals surface area contributed by atoms with Crippen LogP contribution in [0.1, 0.15) is 43.1 Å². The number of hydrogen-bond acceptors (Lipinski definition) is 6. The van der Waals surface area contributed by atoms with Gasteiger partial charge in [-0.1, -0.05) is 67.6 Å². The van der Waals surface area contributed by atoms with E-state index in [1.807, 2.05) is 24.3 Å². The van der Waals surface area contributed by atoms with Gasteiger partial charge >= 0.3 is 11.9 Å². The smallest absolute Gasteiger partial charge is 0.328 e. The predicted octanol–water partition coefficient (Wildman–Crippen LogP) is 4.16. The molecule has 182 valence electrons. The lowest BCUT2D eigenvalue weighted by molar-refractivity contribution is -0.158. The maximum absolute atomic E-state index is 13.5. The average Bonchev–Trinajstić information content (AvgIpc) is 3.24. The van der Waals surface area contributed by atoms with Crippen LogP contribution in [0.3, 0.4) is 0 Å². The predicted molar refractivity (Wildman–Crippen MR) is 131 cm³/mol. The zero-order valence-electron chi connectivity index (χ0n) is 19.6. The van der Waals surface area contributed by atoms with Crippen LogP contribution in [0, 0.1) is 0 Å². The monoisotopic (exact) mass is 493 g/mol. The summed E-state index contributed by atoms with van der Waals surface area (Å²) in [7, 11) is -4.17. The molecule has 1 aliphatic rings. The Balaban J connectivity index is 1.69. The Kier molecular flexibility index (Phi) is 7.33. The molecule has 0 saturated carbocycles. The van der Waals surface area contributed by atoms with Gasteiger partial charge in [0, 0.05) is 6.42 Å². The number of nitrogens with one attached hydrogen (secondary N) is 1. The molecule has 4 rings (SSSR count). The highest BCUT2D eigenvalue weighted by atomic mass is 32.2. The molecule has 1 aliphatic carbocycles. The van der Waals surface area contributed by atoms with E-state index in [-0.39, 0.29) is 17.9 Å². The quantitative estimate of drug-likeness (QED) is 0.352. The summed E-state index contributed by atoms with van der Waals surface area (Å²) in [5.74, 6) is -1.40. The van der Waals surface area contributed by atoms with Crippen LogP contribution in [0.25, 0.3) is 11.1 Å². The SMILES string of the molecule is CCOC(=O)[C@H](NS(=O)(=O)c1ccc2c(c1)Cc1ccccc1-2)[C@H](OC(=O)CC)c1ccccc1. The zero-order chi connectivity index (χ0) is 25.0. The topological polar surface area (TPSA) is 98.8 Å². The van der Waals surface area contributed by atoms with Gasteiger partial charge in [-0.3, -0.25) is 9.59 Å². The first-order chi connectivity index (χ1) is 16.8. The van der Waals surface area contributed by atoms with E-state index in [0.29, 0.717) is 12.0 Å². The molecule has 3 aromatic rings. The normalized spacial score (nSPS) is 13.9. The highest BCUT2D eigenvalue weighted by Crippen LogP contribution is 2.37. The Bertz CT molecular complexity index is 1340. The van der Waals surface area contributed by atoms with Gasteiger partial charge in [-0.15, -0.1) is 0 Å². The average molecular weight is 494 g/mol. The minimum absolute atomic E-state index is 0.0204. The third-order valence-corrected chi connectivity index (χ3v) is 7.31. The Morgan fingerprint density at radius 3 is 2.31 bits per heavy atom. The summed E-state index contributed by atoms with van der Waals surface area (Å²) in [6.07, 6.45) is -0.510. The molecule has 0 spiro atoms. The molecule has 7 nitrogen and oxygen atoms in total. The van der Waals surface area contributed by atoms with Crippen molar-refractivity contribution in [3.8, 4) is 11.1 Å². The molecule has 0 radical (unpaired) electrons. The number of hydrogen-bond donors (Lipinski definition) is 1. The number of ether oxygens (including phenoxy) is 2. The molecule has 0 saturated heterocycles. The highest BCUT2D eigenvalue weighted by molar-refractivity contribution is 7.89. The van der Waals surface area contributed by atoms with Crippen molar-refractivity contribution in [1.29, 1.82) is 0 Å². The molecule has 0 unspecified atom stereocenters. The van der Waals surface area contributed by atoms with Gasteiger partial charge in [0.25, 0.3) is 0 Å². The molecule has 0 aliphatic heterocycles. The van der Waals surface area contributed by atoms with E-state index in [9.17, 15) is 18.0 Å². The number of benzene rings is 3. The number of carbonyl (C=O) groups excluding carboxylic acids is 2. The van der Waals surface area contributed by atoms with Crippen LogP contribution in [-0.2, 0) is 35.5 Å². The Morgan fingerprint density at radius 1 is 0.914 bits per heavy atom. The van der Waals surface area contributed by atoms with Crippen molar-refractivity contribution in [2.24, 2.45) is 0 Å². The zero-order valence-corrected chi connectivity index (χ0v) is 20.4. The van der Waals surface area contributed by atoms with Crippen molar-refractivity contribution in [1.82, 2.24) is 4.72 Å². The van der Waals surface area contributed by atoms with Crippen molar-refractivity contribution in [2.45, 2.75) is 43.7 Å². The number of fused-ring (bicyclic) bond motifs is 3. The Labute approximate surface area is 205 Å². The van der Waals surface area contributed by atoms with Crippen LogP contribution in [0.2, 0.25) is 0 Å². The van der Waals surface area contributed by atoms with Crippen molar-refractivity contribution >= 4 is 22.0 Å². The Hall–Kier alpha value is -3.49. The fraction of sp³-hybridized carbons (Fsp3) is 0.259. The fourth-order valence-corrected chi connectivity index (χ4v) is 5.42. The lowest BCUT2D eigenvalue weighted by atomic mass is 10.0. The van der Waals surface area contributed by atoms with Crippen molar-refractivity contribution in [2.75, 3.05) is 6.61 Å². The van der Waals surface area contributed by atoms with Gasteiger partial charge in [0.2, 0.25) is 10.0 Å². The number of carbonyl (C=O) groups is 2. The van der Waals surface area contributed by atoms with E-state index in [4.69, 9.17) is 9.47 Å². The summed E-state index contributed by atoms with van der Waals surface area (Å²) in [5, 5.41) is 0. The first kappa shape index (κ1) is 24.6. The van der Waals surface area contributed by atoms with Crippen molar-refractivity contribution in [3.63, 3.8) is 0 Å². The van der Waals surface area contributed by atoms with Crippen LogP contribution in [0.4, 0.5) is 0 Å². The molecule has 0 heterocycles. The van der Waals surface area contributed by atoms with Gasteiger partial charge in [0.1, 0.15) is 0 Å². The number of sulfonamides is 1. The lowest BCUT2D eigenvalue weighted by Gasteiger charge is -2.26. The molecule has 3 aromatic carbocycles. The lowest BCUT2D eigenvalue weighted by Crippen LogP contribution is -2.47. The van der Waals surface area contributed by atoms with Gasteiger partial charge in [-0.25, -0.2) is 8.42 Å². The Morgan fingerprint density at radius 2 is 1.60 bits per heavy atom. The van der Waals surface area contributed by atoms with E-state index in [0.717, 1.165) is 22.3 Å². The van der Waals surface area contributed by atoms with E-state index >= 15 is 0 Å². The molecule has 1 N–H and O–H groups in total. The van der Waals surface area contributed by atoms with Gasteiger partial charge in [-0.2, -0.15) is 4.72 Å². The first-order valence-corrected chi connectivity index (χ1v) is 13.0. The minimum atomic E-state index is -4.17. The molecule has 0 bridgehead atoms. The number of rotatable bonds is 9. The molecular formula is C27H27NO6S. The molecule has 0 amide bonds. The largest absolute Gasteiger partial charge is 0.465 e. The van der Waals surface area contributed by atoms with Crippen molar-refractivity contribution < 1.29 is 27.5 Å². The fourth-order valence-electron chi connectivity index (χ4n) is 4.19. The summed E-state index contributed by atoms with van der Waals surface area (Å²) in [4.78, 5) is 25.2. The van der Waals surface area contributed by atoms with Crippen LogP contribution < -0.4 is 4.72 Å². The maximum atomic E-state index is 13.5. The van der Waals surface area contributed by atoms with E-state index in [1.54, 1.807) is 56.3 Å². The second kappa shape index (κ2) is 10.4. The standard InChI is InChI=1S/C27H27NO6S/c1-3-24(29)34-26(18-10-6-5-7-11-18)25(27(30)33-4-2)28-35(31,32)21-14-15-23-20(17-21)16-19-12-8-9-13-22(19)23/h5-15,17,25-26,28H,3-4,16H2,1-2H3/t25-,26-/m1/s1. The molecule has 8 heteroatoms. The molecule has 0 fully saturated rings. The highest BCUT2D eigenvalue weighted by Gasteiger charge is 2.38. The third-order valence-electron chi connectivity index (χ3n) is 5.88. The maximum Gasteiger partial charge on any atom is 0.328 e. The molecular weight excluding hydrogens is 466 g/mol. The summed E-state index contributed by atoms with van der Waals surface area (Å²) >= 11 is 0. The van der Waals surface area contributed by atoms with Crippen LogP contribution in [-0.4, -0.2) is 33.0 Å². The van der Waals surface area contributed by atoms with Crippen LogP contribution in [0.5, 0.6) is 0 Å². The second-order valence-electron chi connectivity index (χ2n) is 8.18. The summed E-state index contributed by atoms with van der Waals surface area (Å²) < 4.78 is 40.1. The van der Waals surface area contributed by atoms with Crippen LogP contribution in [0.15, 0.2) is 77.7 Å². The number of esters is 2. The van der Waals surface area contributed by atoms with Crippen LogP contribution >= 0.6 is 0 Å². The van der Waals surface area contributed by atoms with E-state index in [2.05, 4.69) is 4.72 Å². The molecule has 0 aromatic heterocycles. The minimum Gasteiger partial charge on any atom is -0.465 e. The van der Waals surface area contributed by atoms with E-state index < -0.39 is 34.1 Å². The summed E-state index contributed by atoms with van der Waals surface area (Å²) in [6.45, 7) is 3.28. The first-order valence-electron chi connectivity index (χ1n) is 11.5. The second-order valence-corrected chi connectivity index (χ2v) is 9.89. The third kappa shape index (κ3) is 5.28. The molecule has 2 atom stereocenters. The van der Waals surface area contributed by atoms with E-state index in [1.165, 1.54) is 6.07 Å². The van der Waals surface area contributed by atoms with Gasteiger partial charge in [0.15, 0.2) is 12.1 Å². The van der Waals surface area contributed by atoms with Crippen molar-refractivity contribution in [3.05, 3.63) is 89.5 Å². The summed E-state index contributed by atoms with van der Waals surface area (Å²) in [5.41, 5.74) is 4.56. The summed E-state index contributed by atoms with van der Waals surface area (Å²) in [6, 6.07) is 19.9. The van der Waals surface area contributed by atoms with Gasteiger partial charge in [0.05, 0.1) is 11.5 Å².